The van der Waals surface area contributed by atoms with Gasteiger partial charge in [-0.15, -0.1) is 0 Å². The van der Waals surface area contributed by atoms with Crippen LogP contribution >= 0.6 is 0 Å². The minimum Gasteiger partial charge on any atom is -0.455 e. The fraction of sp³-hybridized carbons (Fsp3) is 0.118. The van der Waals surface area contributed by atoms with Crippen LogP contribution in [0.3, 0.4) is 0 Å². The van der Waals surface area contributed by atoms with E-state index in [9.17, 15) is 9.59 Å². The Morgan fingerprint density at radius 1 is 1.16 bits per heavy atom. The van der Waals surface area contributed by atoms with E-state index in [0.717, 1.165) is 5.56 Å². The van der Waals surface area contributed by atoms with Crippen LogP contribution in [-0.4, -0.2) is 22.9 Å². The summed E-state index contributed by atoms with van der Waals surface area (Å²) in [5, 5.41) is 3.88. The quantitative estimate of drug-likeness (QED) is 0.725. The van der Waals surface area contributed by atoms with Gasteiger partial charge in [0.05, 0.1) is 5.56 Å². The first-order chi connectivity index (χ1) is 12.2. The summed E-state index contributed by atoms with van der Waals surface area (Å²) in [6.45, 7) is 0.146. The van der Waals surface area contributed by atoms with Crippen molar-refractivity contribution in [1.82, 2.24) is 10.1 Å². The molecule has 0 amide bonds. The number of nitrogens with one attached hydrogen (secondary N) is 1. The molecule has 0 saturated carbocycles. The molecular weight excluding hydrogens is 328 g/mol. The van der Waals surface area contributed by atoms with Crippen LogP contribution in [0.15, 0.2) is 51.9 Å². The van der Waals surface area contributed by atoms with E-state index >= 15 is 0 Å². The van der Waals surface area contributed by atoms with Crippen LogP contribution in [0.25, 0.3) is 11.3 Å². The van der Waals surface area contributed by atoms with Gasteiger partial charge in [-0.25, -0.2) is 4.79 Å². The topological polar surface area (TPSA) is 104 Å². The molecule has 0 atom stereocenters. The van der Waals surface area contributed by atoms with Crippen molar-refractivity contribution in [3.05, 3.63) is 64.2 Å². The number of aromatic nitrogens is 2. The summed E-state index contributed by atoms with van der Waals surface area (Å²) in [6.07, 6.45) is 1.30. The number of nitrogens with zero attached hydrogens (tertiary/aromatic N) is 1. The van der Waals surface area contributed by atoms with Gasteiger partial charge in [0.1, 0.15) is 12.3 Å². The molecule has 0 unspecified atom stereocenters. The number of ether oxygens (including phenoxy) is 3. The van der Waals surface area contributed by atoms with Crippen molar-refractivity contribution in [2.75, 3.05) is 6.79 Å². The minimum absolute atomic E-state index is 0.0496. The van der Waals surface area contributed by atoms with E-state index in [-0.39, 0.29) is 24.5 Å². The SMILES string of the molecule is O=C(OCc1cc(-c2ccc3c(c2)OCO3)on1)c1ccc(=O)[nH]c1. The molecule has 3 heterocycles. The fourth-order valence-corrected chi connectivity index (χ4v) is 2.33. The van der Waals surface area contributed by atoms with Crippen molar-refractivity contribution in [3.63, 3.8) is 0 Å². The lowest BCUT2D eigenvalue weighted by Gasteiger charge is -2.01. The number of esters is 1. The standard InChI is InChI=1S/C17H12N2O6/c20-16-4-2-11(7-18-16)17(21)22-8-12-6-14(25-19-12)10-1-3-13-15(5-10)24-9-23-13/h1-7H,8-9H2,(H,18,20). The summed E-state index contributed by atoms with van der Waals surface area (Å²) in [4.78, 5) is 25.3. The number of fused-ring (bicyclic) bond motifs is 1. The summed E-state index contributed by atoms with van der Waals surface area (Å²) >= 11 is 0. The van der Waals surface area contributed by atoms with Gasteiger partial charge in [-0.05, 0) is 24.3 Å². The number of hydrogen-bond donors (Lipinski definition) is 1. The molecule has 1 N–H and O–H groups in total. The molecule has 0 radical (unpaired) electrons. The second-order valence-electron chi connectivity index (χ2n) is 5.27. The number of rotatable bonds is 4. The zero-order valence-corrected chi connectivity index (χ0v) is 12.9. The molecule has 0 spiro atoms. The lowest BCUT2D eigenvalue weighted by Crippen LogP contribution is -2.09. The van der Waals surface area contributed by atoms with Crippen LogP contribution in [0, 0.1) is 0 Å². The smallest absolute Gasteiger partial charge is 0.340 e. The van der Waals surface area contributed by atoms with E-state index in [1.807, 2.05) is 6.07 Å². The Morgan fingerprint density at radius 2 is 2.04 bits per heavy atom. The number of carbonyl (C=O) groups is 1. The minimum atomic E-state index is -0.566. The molecule has 1 aliphatic heterocycles. The molecule has 8 nitrogen and oxygen atoms in total. The van der Waals surface area contributed by atoms with E-state index in [0.29, 0.717) is 23.0 Å². The summed E-state index contributed by atoms with van der Waals surface area (Å²) in [5.41, 5.74) is 1.20. The highest BCUT2D eigenvalue weighted by atomic mass is 16.7. The van der Waals surface area contributed by atoms with Crippen molar-refractivity contribution >= 4 is 5.97 Å². The molecule has 4 rings (SSSR count). The summed E-state index contributed by atoms with van der Waals surface area (Å²) in [5.74, 6) is 1.27. The first-order valence-corrected chi connectivity index (χ1v) is 7.40. The first-order valence-electron chi connectivity index (χ1n) is 7.40. The van der Waals surface area contributed by atoms with Crippen molar-refractivity contribution in [2.24, 2.45) is 0 Å². The molecule has 0 aliphatic carbocycles. The third-order valence-electron chi connectivity index (χ3n) is 3.59. The highest BCUT2D eigenvalue weighted by Gasteiger charge is 2.16. The third kappa shape index (κ3) is 3.09. The number of hydrogen-bond acceptors (Lipinski definition) is 7. The molecule has 1 aliphatic rings. The van der Waals surface area contributed by atoms with Gasteiger partial charge in [-0.2, -0.15) is 0 Å². The van der Waals surface area contributed by atoms with Crippen molar-refractivity contribution in [1.29, 1.82) is 0 Å². The molecule has 25 heavy (non-hydrogen) atoms. The average molecular weight is 340 g/mol. The maximum absolute atomic E-state index is 11.9. The lowest BCUT2D eigenvalue weighted by molar-refractivity contribution is 0.0464. The summed E-state index contributed by atoms with van der Waals surface area (Å²) in [6, 6.07) is 9.73. The molecular formula is C17H12N2O6. The van der Waals surface area contributed by atoms with E-state index in [2.05, 4.69) is 10.1 Å². The van der Waals surface area contributed by atoms with Crippen LogP contribution < -0.4 is 15.0 Å². The fourth-order valence-electron chi connectivity index (χ4n) is 2.33. The predicted molar refractivity (Wildman–Crippen MR) is 84.2 cm³/mol. The van der Waals surface area contributed by atoms with Gasteiger partial charge in [0.15, 0.2) is 17.3 Å². The van der Waals surface area contributed by atoms with E-state index < -0.39 is 5.97 Å². The van der Waals surface area contributed by atoms with Gasteiger partial charge in [0.2, 0.25) is 12.4 Å². The second kappa shape index (κ2) is 6.16. The van der Waals surface area contributed by atoms with Gasteiger partial charge >= 0.3 is 5.97 Å². The number of H-pyrrole nitrogens is 1. The molecule has 0 fully saturated rings. The van der Waals surface area contributed by atoms with Crippen LogP contribution in [0.4, 0.5) is 0 Å². The van der Waals surface area contributed by atoms with Crippen LogP contribution in [0.2, 0.25) is 0 Å². The lowest BCUT2D eigenvalue weighted by atomic mass is 10.1. The average Bonchev–Trinajstić information content (AvgIpc) is 3.28. The molecule has 0 bridgehead atoms. The van der Waals surface area contributed by atoms with Gasteiger partial charge in [-0.3, -0.25) is 4.79 Å². The molecule has 8 heteroatoms. The number of aromatic amines is 1. The predicted octanol–water partition coefficient (Wildman–Crippen LogP) is 2.12. The number of carbonyl (C=O) groups excluding carboxylic acids is 1. The Labute approximate surface area is 140 Å². The Kier molecular flexibility index (Phi) is 3.70. The molecule has 126 valence electrons. The normalized spacial score (nSPS) is 12.2. The molecule has 2 aromatic heterocycles. The molecule has 0 saturated heterocycles. The second-order valence-corrected chi connectivity index (χ2v) is 5.27. The first kappa shape index (κ1) is 15.0. The monoisotopic (exact) mass is 340 g/mol. The third-order valence-corrected chi connectivity index (χ3v) is 3.59. The Morgan fingerprint density at radius 3 is 2.88 bits per heavy atom. The van der Waals surface area contributed by atoms with E-state index in [1.165, 1.54) is 18.3 Å². The molecule has 3 aromatic rings. The zero-order chi connectivity index (χ0) is 17.2. The summed E-state index contributed by atoms with van der Waals surface area (Å²) < 4.78 is 21.0. The maximum Gasteiger partial charge on any atom is 0.340 e. The Balaban J connectivity index is 1.44. The van der Waals surface area contributed by atoms with Gasteiger partial charge < -0.3 is 23.7 Å². The Bertz CT molecular complexity index is 970. The van der Waals surface area contributed by atoms with Gasteiger partial charge in [0, 0.05) is 23.9 Å². The van der Waals surface area contributed by atoms with Gasteiger partial charge in [0.25, 0.3) is 0 Å². The zero-order valence-electron chi connectivity index (χ0n) is 12.9. The van der Waals surface area contributed by atoms with E-state index in [1.54, 1.807) is 18.2 Å². The van der Waals surface area contributed by atoms with Crippen LogP contribution in [0.5, 0.6) is 11.5 Å². The van der Waals surface area contributed by atoms with Gasteiger partial charge in [-0.1, -0.05) is 5.16 Å². The Hall–Kier alpha value is -3.55. The van der Waals surface area contributed by atoms with Crippen molar-refractivity contribution in [2.45, 2.75) is 6.61 Å². The number of benzene rings is 1. The van der Waals surface area contributed by atoms with Crippen molar-refractivity contribution in [3.8, 4) is 22.8 Å². The number of pyridine rings is 1. The van der Waals surface area contributed by atoms with Crippen molar-refractivity contribution < 1.29 is 23.5 Å². The maximum atomic E-state index is 11.9. The highest BCUT2D eigenvalue weighted by Crippen LogP contribution is 2.36. The van der Waals surface area contributed by atoms with Crippen LogP contribution in [-0.2, 0) is 11.3 Å². The molecule has 1 aromatic carbocycles. The van der Waals surface area contributed by atoms with E-state index in [4.69, 9.17) is 18.7 Å². The largest absolute Gasteiger partial charge is 0.455 e. The van der Waals surface area contributed by atoms with Crippen LogP contribution in [0.1, 0.15) is 16.1 Å². The highest BCUT2D eigenvalue weighted by molar-refractivity contribution is 5.88. The summed E-state index contributed by atoms with van der Waals surface area (Å²) in [7, 11) is 0.